The highest BCUT2D eigenvalue weighted by molar-refractivity contribution is 5.66. The van der Waals surface area contributed by atoms with Gasteiger partial charge < -0.3 is 19.5 Å². The standard InChI is InChI=1S/C20H23NO3/c1-5-10-21-14-11-12-6-8-15(22-3)18-17(12)20(2)13(14)7-9-16(23-4)19(20)24-18/h5-9,14,19,21H,1,10-11H2,2-4H3/t14-,19+,20?/m0/s1. The molecule has 0 amide bonds. The van der Waals surface area contributed by atoms with Crippen molar-refractivity contribution in [2.45, 2.75) is 30.9 Å². The Labute approximate surface area is 142 Å². The zero-order valence-corrected chi connectivity index (χ0v) is 14.4. The summed E-state index contributed by atoms with van der Waals surface area (Å²) >= 11 is 0. The van der Waals surface area contributed by atoms with Crippen molar-refractivity contribution < 1.29 is 14.2 Å². The number of rotatable bonds is 5. The smallest absolute Gasteiger partial charge is 0.169 e. The van der Waals surface area contributed by atoms with Gasteiger partial charge in [-0.3, -0.25) is 0 Å². The lowest BCUT2D eigenvalue weighted by molar-refractivity contribution is 0.118. The quantitative estimate of drug-likeness (QED) is 0.845. The minimum atomic E-state index is -0.240. The topological polar surface area (TPSA) is 39.7 Å². The summed E-state index contributed by atoms with van der Waals surface area (Å²) in [6.45, 7) is 6.87. The number of nitrogens with one attached hydrogen (secondary N) is 1. The monoisotopic (exact) mass is 325 g/mol. The number of hydrogen-bond donors (Lipinski definition) is 1. The van der Waals surface area contributed by atoms with E-state index in [1.54, 1.807) is 14.2 Å². The molecule has 0 saturated carbocycles. The van der Waals surface area contributed by atoms with E-state index in [2.05, 4.69) is 31.0 Å². The summed E-state index contributed by atoms with van der Waals surface area (Å²) in [5.41, 5.74) is 3.66. The molecule has 1 aromatic rings. The Hall–Kier alpha value is -2.20. The van der Waals surface area contributed by atoms with Crippen molar-refractivity contribution in [1.29, 1.82) is 0 Å². The summed E-state index contributed by atoms with van der Waals surface area (Å²) < 4.78 is 17.5. The molecule has 126 valence electrons. The van der Waals surface area contributed by atoms with E-state index < -0.39 is 0 Å². The van der Waals surface area contributed by atoms with Crippen LogP contribution in [-0.4, -0.2) is 32.9 Å². The first-order valence-electron chi connectivity index (χ1n) is 8.32. The molecule has 3 aliphatic rings. The molecule has 0 fully saturated rings. The van der Waals surface area contributed by atoms with Crippen LogP contribution in [0, 0.1) is 0 Å². The van der Waals surface area contributed by atoms with Gasteiger partial charge in [0.25, 0.3) is 0 Å². The number of allylic oxidation sites excluding steroid dienone is 2. The molecule has 0 radical (unpaired) electrons. The maximum atomic E-state index is 6.38. The van der Waals surface area contributed by atoms with E-state index in [0.717, 1.165) is 30.2 Å². The van der Waals surface area contributed by atoms with Crippen LogP contribution >= 0.6 is 0 Å². The Morgan fingerprint density at radius 3 is 2.88 bits per heavy atom. The summed E-state index contributed by atoms with van der Waals surface area (Å²) in [7, 11) is 3.39. The second-order valence-electron chi connectivity index (χ2n) is 6.68. The van der Waals surface area contributed by atoms with Crippen LogP contribution in [0.4, 0.5) is 0 Å². The van der Waals surface area contributed by atoms with Crippen LogP contribution in [0.2, 0.25) is 0 Å². The van der Waals surface area contributed by atoms with Gasteiger partial charge >= 0.3 is 0 Å². The molecule has 0 aromatic heterocycles. The van der Waals surface area contributed by atoms with Crippen LogP contribution in [0.5, 0.6) is 11.5 Å². The fourth-order valence-corrected chi connectivity index (χ4v) is 4.45. The van der Waals surface area contributed by atoms with Crippen LogP contribution in [0.3, 0.4) is 0 Å². The van der Waals surface area contributed by atoms with Crippen LogP contribution in [0.25, 0.3) is 0 Å². The minimum absolute atomic E-state index is 0.152. The van der Waals surface area contributed by atoms with Crippen LogP contribution in [0.15, 0.2) is 48.3 Å². The molecule has 0 bridgehead atoms. The van der Waals surface area contributed by atoms with E-state index in [0.29, 0.717) is 0 Å². The Morgan fingerprint density at radius 2 is 2.17 bits per heavy atom. The first-order chi connectivity index (χ1) is 11.6. The zero-order valence-electron chi connectivity index (χ0n) is 14.4. The molecule has 4 rings (SSSR count). The van der Waals surface area contributed by atoms with Gasteiger partial charge in [0, 0.05) is 18.2 Å². The summed E-state index contributed by atoms with van der Waals surface area (Å²) in [5.74, 6) is 2.51. The van der Waals surface area contributed by atoms with E-state index in [1.807, 2.05) is 18.2 Å². The third kappa shape index (κ3) is 1.83. The summed E-state index contributed by atoms with van der Waals surface area (Å²) in [6.07, 6.45) is 6.92. The maximum Gasteiger partial charge on any atom is 0.169 e. The Balaban J connectivity index is 1.92. The van der Waals surface area contributed by atoms with Gasteiger partial charge in [-0.1, -0.05) is 18.2 Å². The predicted molar refractivity (Wildman–Crippen MR) is 93.6 cm³/mol. The maximum absolute atomic E-state index is 6.38. The first-order valence-corrected chi connectivity index (χ1v) is 8.32. The summed E-state index contributed by atoms with van der Waals surface area (Å²) in [5, 5.41) is 3.60. The van der Waals surface area contributed by atoms with Crippen molar-refractivity contribution in [2.24, 2.45) is 0 Å². The van der Waals surface area contributed by atoms with E-state index in [4.69, 9.17) is 14.2 Å². The Kier molecular flexibility index (Phi) is 3.46. The average molecular weight is 325 g/mol. The molecule has 1 aromatic carbocycles. The van der Waals surface area contributed by atoms with Crippen LogP contribution in [-0.2, 0) is 16.6 Å². The third-order valence-corrected chi connectivity index (χ3v) is 5.54. The molecular weight excluding hydrogens is 302 g/mol. The highest BCUT2D eigenvalue weighted by Gasteiger charge is 2.57. The van der Waals surface area contributed by atoms with Gasteiger partial charge in [-0.25, -0.2) is 0 Å². The van der Waals surface area contributed by atoms with Gasteiger partial charge in [0.2, 0.25) is 0 Å². The number of methoxy groups -OCH3 is 2. The lowest BCUT2D eigenvalue weighted by Crippen LogP contribution is -2.51. The second kappa shape index (κ2) is 5.42. The predicted octanol–water partition coefficient (Wildman–Crippen LogP) is 2.88. The van der Waals surface area contributed by atoms with Crippen molar-refractivity contribution in [3.05, 3.63) is 59.4 Å². The molecule has 24 heavy (non-hydrogen) atoms. The van der Waals surface area contributed by atoms with Crippen molar-refractivity contribution in [3.63, 3.8) is 0 Å². The summed E-state index contributed by atoms with van der Waals surface area (Å²) in [4.78, 5) is 0. The molecular formula is C20H23NO3. The van der Waals surface area contributed by atoms with E-state index >= 15 is 0 Å². The van der Waals surface area contributed by atoms with Crippen molar-refractivity contribution >= 4 is 0 Å². The number of ether oxygens (including phenoxy) is 3. The normalized spacial score (nSPS) is 29.1. The molecule has 4 nitrogen and oxygen atoms in total. The lowest BCUT2D eigenvalue weighted by atomic mass is 9.62. The third-order valence-electron chi connectivity index (χ3n) is 5.54. The molecule has 3 atom stereocenters. The second-order valence-corrected chi connectivity index (χ2v) is 6.68. The minimum Gasteiger partial charge on any atom is -0.497 e. The van der Waals surface area contributed by atoms with Crippen LogP contribution in [0.1, 0.15) is 18.1 Å². The van der Waals surface area contributed by atoms with Crippen molar-refractivity contribution in [1.82, 2.24) is 5.32 Å². The highest BCUT2D eigenvalue weighted by atomic mass is 16.6. The SMILES string of the molecule is C=CCN[C@H]1Cc2ccc(OC)c3c2C2(C)C1=CC=C(OC)[C@H]2O3. The van der Waals surface area contributed by atoms with Gasteiger partial charge in [0.05, 0.1) is 19.6 Å². The molecule has 1 N–H and O–H groups in total. The molecule has 1 unspecified atom stereocenters. The van der Waals surface area contributed by atoms with Crippen molar-refractivity contribution in [3.8, 4) is 11.5 Å². The van der Waals surface area contributed by atoms with E-state index in [-0.39, 0.29) is 17.6 Å². The van der Waals surface area contributed by atoms with Gasteiger partial charge in [0.1, 0.15) is 5.76 Å². The largest absolute Gasteiger partial charge is 0.497 e. The molecule has 1 heterocycles. The van der Waals surface area contributed by atoms with Gasteiger partial charge in [-0.05, 0) is 36.6 Å². The number of hydrogen-bond acceptors (Lipinski definition) is 4. The van der Waals surface area contributed by atoms with E-state index in [9.17, 15) is 0 Å². The first kappa shape index (κ1) is 15.3. The zero-order chi connectivity index (χ0) is 16.9. The molecule has 4 heteroatoms. The fraction of sp³-hybridized carbons (Fsp3) is 0.400. The molecule has 0 spiro atoms. The number of benzene rings is 1. The Bertz CT molecular complexity index is 764. The highest BCUT2D eigenvalue weighted by Crippen LogP contribution is 2.58. The summed E-state index contributed by atoms with van der Waals surface area (Å²) in [6, 6.07) is 4.43. The molecule has 1 aliphatic heterocycles. The lowest BCUT2D eigenvalue weighted by Gasteiger charge is -2.43. The average Bonchev–Trinajstić information content (AvgIpc) is 2.92. The van der Waals surface area contributed by atoms with Crippen LogP contribution < -0.4 is 14.8 Å². The fourth-order valence-electron chi connectivity index (χ4n) is 4.45. The van der Waals surface area contributed by atoms with Crippen molar-refractivity contribution in [2.75, 3.05) is 20.8 Å². The van der Waals surface area contributed by atoms with E-state index in [1.165, 1.54) is 16.7 Å². The molecule has 0 saturated heterocycles. The van der Waals surface area contributed by atoms with Gasteiger partial charge in [-0.2, -0.15) is 0 Å². The van der Waals surface area contributed by atoms with Gasteiger partial charge in [0.15, 0.2) is 17.6 Å². The Morgan fingerprint density at radius 1 is 1.33 bits per heavy atom. The molecule has 2 aliphatic carbocycles. The van der Waals surface area contributed by atoms with Gasteiger partial charge in [-0.15, -0.1) is 6.58 Å².